The maximum atomic E-state index is 13.5. The summed E-state index contributed by atoms with van der Waals surface area (Å²) in [5, 5.41) is 3.53. The molecule has 2 aliphatic carbocycles. The van der Waals surface area contributed by atoms with E-state index in [1.54, 1.807) is 6.33 Å². The Balaban J connectivity index is 1.25. The van der Waals surface area contributed by atoms with Crippen LogP contribution in [-0.4, -0.2) is 60.0 Å². The minimum atomic E-state index is -0.161. The summed E-state index contributed by atoms with van der Waals surface area (Å²) in [7, 11) is 0. The Morgan fingerprint density at radius 3 is 2.74 bits per heavy atom. The van der Waals surface area contributed by atoms with Gasteiger partial charge < -0.3 is 15.1 Å². The zero-order valence-electron chi connectivity index (χ0n) is 18.0. The number of aromatic nitrogens is 2. The molecule has 0 aromatic carbocycles. The highest BCUT2D eigenvalue weighted by Crippen LogP contribution is 2.37. The lowest BCUT2D eigenvalue weighted by Gasteiger charge is -2.37. The summed E-state index contributed by atoms with van der Waals surface area (Å²) in [4.78, 5) is 28.0. The van der Waals surface area contributed by atoms with Crippen LogP contribution in [0.2, 0.25) is 4.34 Å². The van der Waals surface area contributed by atoms with Gasteiger partial charge in [-0.1, -0.05) is 18.5 Å². The number of hydrogen-bond acceptors (Lipinski definition) is 6. The summed E-state index contributed by atoms with van der Waals surface area (Å²) in [6.45, 7) is 7.04. The van der Waals surface area contributed by atoms with Gasteiger partial charge in [-0.25, -0.2) is 9.97 Å². The first-order chi connectivity index (χ1) is 15.1. The van der Waals surface area contributed by atoms with Crippen LogP contribution in [-0.2, 0) is 11.2 Å². The normalized spacial score (nSPS) is 21.9. The molecule has 5 rings (SSSR count). The zero-order valence-corrected chi connectivity index (χ0v) is 19.6. The number of hydrogen-bond donors (Lipinski definition) is 1. The molecular weight excluding hydrogens is 430 g/mol. The summed E-state index contributed by atoms with van der Waals surface area (Å²) in [5.41, 5.74) is 2.52. The number of fused-ring (bicyclic) bond motifs is 1. The summed E-state index contributed by atoms with van der Waals surface area (Å²) < 4.78 is 0.742. The molecule has 1 N–H and O–H groups in total. The molecular formula is C23H30ClN5OS. The molecule has 31 heavy (non-hydrogen) atoms. The van der Waals surface area contributed by atoms with Crippen molar-refractivity contribution >= 4 is 34.7 Å². The van der Waals surface area contributed by atoms with Crippen LogP contribution in [0.5, 0.6) is 0 Å². The number of halogens is 1. The van der Waals surface area contributed by atoms with Crippen LogP contribution in [0.15, 0.2) is 18.5 Å². The van der Waals surface area contributed by atoms with E-state index in [-0.39, 0.29) is 11.8 Å². The smallest absolute Gasteiger partial charge is 0.232 e. The molecule has 2 aromatic rings. The SMILES string of the molecule is CC1CCc2ncnc(N3CCN(C(=O)C(CNCC4CC4)c4ccc(Cl)s4)CC3)c21. The van der Waals surface area contributed by atoms with Crippen LogP contribution in [0.3, 0.4) is 0 Å². The van der Waals surface area contributed by atoms with Gasteiger partial charge in [-0.05, 0) is 56.2 Å². The number of carbonyl (C=O) groups excluding carboxylic acids is 1. The van der Waals surface area contributed by atoms with Gasteiger partial charge in [0.2, 0.25) is 5.91 Å². The highest BCUT2D eigenvalue weighted by molar-refractivity contribution is 7.16. The molecule has 2 aromatic heterocycles. The molecule has 6 nitrogen and oxygen atoms in total. The Kier molecular flexibility index (Phi) is 6.17. The molecule has 166 valence electrons. The lowest BCUT2D eigenvalue weighted by Crippen LogP contribution is -2.51. The van der Waals surface area contributed by atoms with Crippen LogP contribution in [0, 0.1) is 5.92 Å². The number of amides is 1. The molecule has 0 spiro atoms. The molecule has 2 fully saturated rings. The number of carbonyl (C=O) groups is 1. The minimum absolute atomic E-state index is 0.161. The largest absolute Gasteiger partial charge is 0.353 e. The molecule has 1 saturated heterocycles. The predicted molar refractivity (Wildman–Crippen MR) is 125 cm³/mol. The van der Waals surface area contributed by atoms with Gasteiger partial charge in [-0.3, -0.25) is 4.79 Å². The second kappa shape index (κ2) is 9.04. The van der Waals surface area contributed by atoms with E-state index in [2.05, 4.69) is 27.1 Å². The van der Waals surface area contributed by atoms with Crippen molar-refractivity contribution in [2.75, 3.05) is 44.2 Å². The Bertz CT molecular complexity index is 938. The second-order valence-corrected chi connectivity index (χ2v) is 10.9. The monoisotopic (exact) mass is 459 g/mol. The van der Waals surface area contributed by atoms with Crippen molar-refractivity contribution in [3.05, 3.63) is 38.9 Å². The number of rotatable bonds is 7. The van der Waals surface area contributed by atoms with E-state index in [1.807, 2.05) is 17.0 Å². The highest BCUT2D eigenvalue weighted by atomic mass is 35.5. The van der Waals surface area contributed by atoms with E-state index < -0.39 is 0 Å². The van der Waals surface area contributed by atoms with Crippen LogP contribution < -0.4 is 10.2 Å². The molecule has 3 aliphatic rings. The number of piperazine rings is 1. The number of thiophene rings is 1. The molecule has 3 heterocycles. The predicted octanol–water partition coefficient (Wildman–Crippen LogP) is 3.67. The fourth-order valence-electron chi connectivity index (χ4n) is 4.81. The first-order valence-electron chi connectivity index (χ1n) is 11.4. The van der Waals surface area contributed by atoms with Gasteiger partial charge in [0.25, 0.3) is 0 Å². The second-order valence-electron chi connectivity index (χ2n) is 9.11. The maximum Gasteiger partial charge on any atom is 0.232 e. The number of nitrogens with one attached hydrogen (secondary N) is 1. The average Bonchev–Trinajstić information content (AvgIpc) is 3.40. The lowest BCUT2D eigenvalue weighted by molar-refractivity contribution is -0.133. The Morgan fingerprint density at radius 1 is 1.23 bits per heavy atom. The third kappa shape index (κ3) is 4.59. The van der Waals surface area contributed by atoms with Gasteiger partial charge in [-0.15, -0.1) is 11.3 Å². The van der Waals surface area contributed by atoms with Gasteiger partial charge in [0.05, 0.1) is 10.3 Å². The Morgan fingerprint density at radius 2 is 2.03 bits per heavy atom. The van der Waals surface area contributed by atoms with Crippen molar-refractivity contribution in [3.8, 4) is 0 Å². The van der Waals surface area contributed by atoms with Crippen molar-refractivity contribution in [1.29, 1.82) is 0 Å². The summed E-state index contributed by atoms with van der Waals surface area (Å²) in [5.74, 6) is 2.43. The van der Waals surface area contributed by atoms with Crippen molar-refractivity contribution < 1.29 is 4.79 Å². The minimum Gasteiger partial charge on any atom is -0.353 e. The molecule has 2 unspecified atom stereocenters. The molecule has 1 saturated carbocycles. The van der Waals surface area contributed by atoms with E-state index >= 15 is 0 Å². The Labute approximate surface area is 193 Å². The molecule has 0 radical (unpaired) electrons. The van der Waals surface area contributed by atoms with Crippen LogP contribution >= 0.6 is 22.9 Å². The molecule has 2 atom stereocenters. The first-order valence-corrected chi connectivity index (χ1v) is 12.6. The lowest BCUT2D eigenvalue weighted by atomic mass is 10.0. The van der Waals surface area contributed by atoms with Gasteiger partial charge in [-0.2, -0.15) is 0 Å². The average molecular weight is 460 g/mol. The van der Waals surface area contributed by atoms with E-state index in [4.69, 9.17) is 11.6 Å². The van der Waals surface area contributed by atoms with Gasteiger partial charge >= 0.3 is 0 Å². The zero-order chi connectivity index (χ0) is 21.4. The molecule has 8 heteroatoms. The summed E-state index contributed by atoms with van der Waals surface area (Å²) in [6.07, 6.45) is 6.52. The highest BCUT2D eigenvalue weighted by Gasteiger charge is 2.32. The summed E-state index contributed by atoms with van der Waals surface area (Å²) in [6, 6.07) is 3.91. The fraction of sp³-hybridized carbons (Fsp3) is 0.609. The van der Waals surface area contributed by atoms with Gasteiger partial charge in [0.1, 0.15) is 12.1 Å². The molecule has 0 bridgehead atoms. The third-order valence-electron chi connectivity index (χ3n) is 6.86. The first kappa shape index (κ1) is 21.2. The van der Waals surface area contributed by atoms with Gasteiger partial charge in [0.15, 0.2) is 0 Å². The van der Waals surface area contributed by atoms with Crippen molar-refractivity contribution in [3.63, 3.8) is 0 Å². The Hall–Kier alpha value is -1.70. The van der Waals surface area contributed by atoms with Crippen molar-refractivity contribution in [1.82, 2.24) is 20.2 Å². The van der Waals surface area contributed by atoms with Crippen LogP contribution in [0.25, 0.3) is 0 Å². The van der Waals surface area contributed by atoms with E-state index in [0.29, 0.717) is 12.5 Å². The van der Waals surface area contributed by atoms with Crippen LogP contribution in [0.1, 0.15) is 54.2 Å². The van der Waals surface area contributed by atoms with E-state index in [9.17, 15) is 4.79 Å². The summed E-state index contributed by atoms with van der Waals surface area (Å²) >= 11 is 7.71. The van der Waals surface area contributed by atoms with Crippen LogP contribution in [0.4, 0.5) is 5.82 Å². The quantitative estimate of drug-likeness (QED) is 0.684. The number of anilines is 1. The number of nitrogens with zero attached hydrogens (tertiary/aromatic N) is 4. The van der Waals surface area contributed by atoms with E-state index in [1.165, 1.54) is 35.4 Å². The fourth-order valence-corrected chi connectivity index (χ4v) is 5.97. The van der Waals surface area contributed by atoms with E-state index in [0.717, 1.165) is 66.5 Å². The topological polar surface area (TPSA) is 61.4 Å². The molecule has 1 amide bonds. The standard InChI is InChI=1S/C23H30ClN5OS/c1-15-2-5-18-21(15)22(27-14-26-18)28-8-10-29(11-9-28)23(30)17(13-25-12-16-3-4-16)19-6-7-20(24)31-19/h6-7,14-17,25H,2-5,8-13H2,1H3. The van der Waals surface area contributed by atoms with Gasteiger partial charge in [0, 0.05) is 48.9 Å². The maximum absolute atomic E-state index is 13.5. The van der Waals surface area contributed by atoms with Crippen molar-refractivity contribution in [2.24, 2.45) is 5.92 Å². The number of aryl methyl sites for hydroxylation is 1. The third-order valence-corrected chi connectivity index (χ3v) is 8.20. The molecule has 1 aliphatic heterocycles. The van der Waals surface area contributed by atoms with Crippen molar-refractivity contribution in [2.45, 2.75) is 44.4 Å².